The van der Waals surface area contributed by atoms with Gasteiger partial charge in [-0.05, 0) is 25.7 Å². The van der Waals surface area contributed by atoms with Crippen LogP contribution in [0.15, 0.2) is 5.16 Å². The minimum atomic E-state index is 0.357. The van der Waals surface area contributed by atoms with E-state index >= 15 is 0 Å². The van der Waals surface area contributed by atoms with Gasteiger partial charge in [0.05, 0.1) is 0 Å². The number of hydrogen-bond acceptors (Lipinski definition) is 6. The molecule has 19 heavy (non-hydrogen) atoms. The number of aromatic nitrogens is 3. The summed E-state index contributed by atoms with van der Waals surface area (Å²) in [5, 5.41) is 1.46. The zero-order chi connectivity index (χ0) is 13.1. The lowest BCUT2D eigenvalue weighted by Crippen LogP contribution is -2.22. The van der Waals surface area contributed by atoms with Gasteiger partial charge in [0.25, 0.3) is 0 Å². The highest BCUT2D eigenvalue weighted by Crippen LogP contribution is 2.32. The van der Waals surface area contributed by atoms with Gasteiger partial charge in [-0.15, -0.1) is 0 Å². The fourth-order valence-electron chi connectivity index (χ4n) is 2.80. The normalized spacial score (nSPS) is 20.9. The Morgan fingerprint density at radius 3 is 2.42 bits per heavy atom. The van der Waals surface area contributed by atoms with Crippen molar-refractivity contribution in [3.05, 3.63) is 0 Å². The lowest BCUT2D eigenvalue weighted by atomic mass is 10.0. The summed E-state index contributed by atoms with van der Waals surface area (Å²) in [6, 6.07) is 0. The Hall–Kier alpha value is -1.04. The van der Waals surface area contributed by atoms with Gasteiger partial charge >= 0.3 is 0 Å². The highest BCUT2D eigenvalue weighted by Gasteiger charge is 2.20. The average molecular weight is 279 g/mol. The summed E-state index contributed by atoms with van der Waals surface area (Å²) in [4.78, 5) is 15.4. The molecule has 1 aromatic rings. The smallest absolute Gasteiger partial charge is 0.231 e. The predicted octanol–water partition coefficient (Wildman–Crippen LogP) is 2.48. The number of hydrogen-bond donors (Lipinski definition) is 1. The van der Waals surface area contributed by atoms with E-state index in [0.29, 0.717) is 11.2 Å². The van der Waals surface area contributed by atoms with E-state index in [1.807, 2.05) is 0 Å². The van der Waals surface area contributed by atoms with Crippen molar-refractivity contribution in [1.29, 1.82) is 0 Å². The first kappa shape index (κ1) is 13.0. The number of rotatable bonds is 3. The molecule has 3 rings (SSSR count). The van der Waals surface area contributed by atoms with Gasteiger partial charge in [0, 0.05) is 18.3 Å². The maximum atomic E-state index is 5.83. The molecule has 1 aliphatic carbocycles. The van der Waals surface area contributed by atoms with Crippen molar-refractivity contribution >= 4 is 23.7 Å². The van der Waals surface area contributed by atoms with E-state index in [2.05, 4.69) is 19.9 Å². The van der Waals surface area contributed by atoms with Crippen molar-refractivity contribution in [2.24, 2.45) is 0 Å². The molecule has 5 nitrogen and oxygen atoms in total. The number of nitrogens with zero attached hydrogens (tertiary/aromatic N) is 4. The zero-order valence-corrected chi connectivity index (χ0v) is 12.0. The Bertz CT molecular complexity index is 427. The second-order valence-corrected chi connectivity index (χ2v) is 6.62. The first-order valence-corrected chi connectivity index (χ1v) is 8.12. The minimum absolute atomic E-state index is 0.357. The Morgan fingerprint density at radius 1 is 0.947 bits per heavy atom. The first-order valence-electron chi connectivity index (χ1n) is 7.24. The van der Waals surface area contributed by atoms with Crippen molar-refractivity contribution < 1.29 is 0 Å². The molecule has 0 radical (unpaired) electrons. The number of thioether (sulfide) groups is 1. The number of nitrogens with two attached hydrogens (primary N) is 1. The second kappa shape index (κ2) is 5.94. The highest BCUT2D eigenvalue weighted by molar-refractivity contribution is 7.99. The van der Waals surface area contributed by atoms with Crippen LogP contribution in [0.3, 0.4) is 0 Å². The van der Waals surface area contributed by atoms with E-state index in [1.165, 1.54) is 44.9 Å². The lowest BCUT2D eigenvalue weighted by molar-refractivity contribution is 0.515. The maximum absolute atomic E-state index is 5.83. The largest absolute Gasteiger partial charge is 0.368 e. The second-order valence-electron chi connectivity index (χ2n) is 5.35. The lowest BCUT2D eigenvalue weighted by Gasteiger charge is -2.21. The van der Waals surface area contributed by atoms with Crippen LogP contribution in [0.5, 0.6) is 0 Å². The molecule has 1 saturated carbocycles. The van der Waals surface area contributed by atoms with Gasteiger partial charge < -0.3 is 10.6 Å². The average Bonchev–Trinajstić information content (AvgIpc) is 2.93. The predicted molar refractivity (Wildman–Crippen MR) is 78.4 cm³/mol. The fourth-order valence-corrected chi connectivity index (χ4v) is 3.95. The van der Waals surface area contributed by atoms with E-state index in [0.717, 1.165) is 24.2 Å². The van der Waals surface area contributed by atoms with Crippen molar-refractivity contribution in [3.8, 4) is 0 Å². The molecule has 0 amide bonds. The molecule has 1 aliphatic heterocycles. The van der Waals surface area contributed by atoms with Gasteiger partial charge in [-0.1, -0.05) is 31.0 Å². The quantitative estimate of drug-likeness (QED) is 0.916. The van der Waals surface area contributed by atoms with Crippen molar-refractivity contribution in [1.82, 2.24) is 15.0 Å². The SMILES string of the molecule is Nc1nc(SC2CCCCC2)nc(N2CCCC2)n1. The zero-order valence-electron chi connectivity index (χ0n) is 11.2. The molecule has 0 aromatic carbocycles. The van der Waals surface area contributed by atoms with Gasteiger partial charge in [-0.2, -0.15) is 15.0 Å². The Labute approximate surface area is 118 Å². The van der Waals surface area contributed by atoms with Crippen LogP contribution in [0.4, 0.5) is 11.9 Å². The molecule has 2 fully saturated rings. The molecule has 2 N–H and O–H groups in total. The third kappa shape index (κ3) is 3.29. The van der Waals surface area contributed by atoms with E-state index in [1.54, 1.807) is 11.8 Å². The van der Waals surface area contributed by atoms with Gasteiger partial charge in [0.1, 0.15) is 0 Å². The molecule has 0 unspecified atom stereocenters. The molecular formula is C13H21N5S. The van der Waals surface area contributed by atoms with Crippen LogP contribution >= 0.6 is 11.8 Å². The van der Waals surface area contributed by atoms with Crippen LogP contribution in [-0.2, 0) is 0 Å². The fraction of sp³-hybridized carbons (Fsp3) is 0.769. The third-order valence-corrected chi connectivity index (χ3v) is 5.03. The van der Waals surface area contributed by atoms with Crippen LogP contribution in [-0.4, -0.2) is 33.3 Å². The molecule has 2 aliphatic rings. The van der Waals surface area contributed by atoms with Crippen LogP contribution in [0.25, 0.3) is 0 Å². The molecule has 0 spiro atoms. The van der Waals surface area contributed by atoms with E-state index in [-0.39, 0.29) is 0 Å². The maximum Gasteiger partial charge on any atom is 0.231 e. The molecule has 6 heteroatoms. The summed E-state index contributed by atoms with van der Waals surface area (Å²) in [6.45, 7) is 2.08. The Kier molecular flexibility index (Phi) is 4.06. The summed E-state index contributed by atoms with van der Waals surface area (Å²) in [5.41, 5.74) is 5.83. The van der Waals surface area contributed by atoms with Gasteiger partial charge in [-0.25, -0.2) is 0 Å². The van der Waals surface area contributed by atoms with Gasteiger partial charge in [-0.3, -0.25) is 0 Å². The molecular weight excluding hydrogens is 258 g/mol. The van der Waals surface area contributed by atoms with Gasteiger partial charge in [0.15, 0.2) is 5.16 Å². The van der Waals surface area contributed by atoms with E-state index < -0.39 is 0 Å². The molecule has 0 atom stereocenters. The topological polar surface area (TPSA) is 67.9 Å². The number of nitrogen functional groups attached to an aromatic ring is 1. The Balaban J connectivity index is 1.73. The van der Waals surface area contributed by atoms with Crippen molar-refractivity contribution in [3.63, 3.8) is 0 Å². The van der Waals surface area contributed by atoms with Crippen molar-refractivity contribution in [2.75, 3.05) is 23.7 Å². The van der Waals surface area contributed by atoms with Gasteiger partial charge in [0.2, 0.25) is 11.9 Å². The summed E-state index contributed by atoms with van der Waals surface area (Å²) in [7, 11) is 0. The summed E-state index contributed by atoms with van der Waals surface area (Å²) >= 11 is 1.78. The van der Waals surface area contributed by atoms with Crippen LogP contribution in [0, 0.1) is 0 Å². The molecule has 2 heterocycles. The first-order chi connectivity index (χ1) is 9.31. The Morgan fingerprint density at radius 2 is 1.68 bits per heavy atom. The van der Waals surface area contributed by atoms with Crippen LogP contribution in [0.2, 0.25) is 0 Å². The van der Waals surface area contributed by atoms with Crippen LogP contribution in [0.1, 0.15) is 44.9 Å². The standard InChI is InChI=1S/C13H21N5S/c14-11-15-12(18-8-4-5-9-18)17-13(16-11)19-10-6-2-1-3-7-10/h10H,1-9H2,(H2,14,15,16,17). The molecule has 0 bridgehead atoms. The van der Waals surface area contributed by atoms with Crippen LogP contribution < -0.4 is 10.6 Å². The minimum Gasteiger partial charge on any atom is -0.368 e. The third-order valence-electron chi connectivity index (χ3n) is 3.83. The molecule has 1 saturated heterocycles. The molecule has 104 valence electrons. The van der Waals surface area contributed by atoms with E-state index in [4.69, 9.17) is 5.73 Å². The summed E-state index contributed by atoms with van der Waals surface area (Å²) < 4.78 is 0. The monoisotopic (exact) mass is 279 g/mol. The summed E-state index contributed by atoms with van der Waals surface area (Å²) in [5.74, 6) is 1.12. The van der Waals surface area contributed by atoms with Crippen molar-refractivity contribution in [2.45, 2.75) is 55.4 Å². The summed E-state index contributed by atoms with van der Waals surface area (Å²) in [6.07, 6.45) is 9.02. The highest BCUT2D eigenvalue weighted by atomic mass is 32.2. The number of anilines is 2. The molecule has 1 aromatic heterocycles. The van der Waals surface area contributed by atoms with E-state index in [9.17, 15) is 0 Å².